The predicted octanol–water partition coefficient (Wildman–Crippen LogP) is 1.75. The molecule has 3 rings (SSSR count). The second-order valence-corrected chi connectivity index (χ2v) is 5.23. The summed E-state index contributed by atoms with van der Waals surface area (Å²) in [6, 6.07) is 6.88. The molecule has 2 aliphatic rings. The fraction of sp³-hybridized carbons (Fsp3) is 0.375. The molecule has 1 N–H and O–H groups in total. The van der Waals surface area contributed by atoms with Gasteiger partial charge in [0.25, 0.3) is 11.8 Å². The van der Waals surface area contributed by atoms with Crippen molar-refractivity contribution >= 4 is 17.5 Å². The Hall–Kier alpha value is -2.50. The van der Waals surface area contributed by atoms with Crippen molar-refractivity contribution in [3.05, 3.63) is 41.9 Å². The lowest BCUT2D eigenvalue weighted by molar-refractivity contribution is -0.117. The Kier molecular flexibility index (Phi) is 4.27. The summed E-state index contributed by atoms with van der Waals surface area (Å²) in [5.74, 6) is -0.163. The van der Waals surface area contributed by atoms with Gasteiger partial charge in [-0.1, -0.05) is 0 Å². The minimum absolute atomic E-state index is 0.0436. The van der Waals surface area contributed by atoms with Gasteiger partial charge in [0.2, 0.25) is 5.76 Å². The van der Waals surface area contributed by atoms with Crippen LogP contribution in [0.25, 0.3) is 0 Å². The van der Waals surface area contributed by atoms with Crippen molar-refractivity contribution in [3.63, 3.8) is 0 Å². The Morgan fingerprint density at radius 3 is 2.41 bits per heavy atom. The van der Waals surface area contributed by atoms with E-state index in [-0.39, 0.29) is 17.6 Å². The maximum atomic E-state index is 12.2. The molecule has 0 unspecified atom stereocenters. The first-order valence-corrected chi connectivity index (χ1v) is 7.39. The van der Waals surface area contributed by atoms with Gasteiger partial charge in [0.05, 0.1) is 0 Å². The van der Waals surface area contributed by atoms with Crippen LogP contribution in [0.1, 0.15) is 23.2 Å². The van der Waals surface area contributed by atoms with Gasteiger partial charge in [0, 0.05) is 24.3 Å². The summed E-state index contributed by atoms with van der Waals surface area (Å²) in [7, 11) is 0. The third-order valence-corrected chi connectivity index (χ3v) is 3.66. The van der Waals surface area contributed by atoms with E-state index in [0.29, 0.717) is 24.5 Å². The number of rotatable bonds is 3. The lowest BCUT2D eigenvalue weighted by Gasteiger charge is -2.16. The molecule has 2 amide bonds. The number of carbonyl (C=O) groups excluding carboxylic acids is 2. The summed E-state index contributed by atoms with van der Waals surface area (Å²) < 4.78 is 10.3. The first-order chi connectivity index (χ1) is 10.7. The molecular weight excluding hydrogens is 284 g/mol. The van der Waals surface area contributed by atoms with Crippen molar-refractivity contribution in [1.29, 1.82) is 0 Å². The van der Waals surface area contributed by atoms with Gasteiger partial charge in [-0.05, 0) is 37.1 Å². The number of anilines is 1. The minimum atomic E-state index is -0.363. The van der Waals surface area contributed by atoms with Crippen molar-refractivity contribution in [1.82, 2.24) is 4.90 Å². The van der Waals surface area contributed by atoms with Crippen LogP contribution < -0.4 is 5.32 Å². The highest BCUT2D eigenvalue weighted by Gasteiger charge is 2.19. The molecule has 6 nitrogen and oxygen atoms in total. The molecule has 116 valence electrons. The van der Waals surface area contributed by atoms with Gasteiger partial charge in [-0.3, -0.25) is 9.59 Å². The molecule has 1 saturated heterocycles. The molecule has 1 fully saturated rings. The zero-order valence-electron chi connectivity index (χ0n) is 12.2. The van der Waals surface area contributed by atoms with Crippen LogP contribution in [0.3, 0.4) is 0 Å². The van der Waals surface area contributed by atoms with Crippen LogP contribution in [0.2, 0.25) is 0 Å². The van der Waals surface area contributed by atoms with E-state index >= 15 is 0 Å². The summed E-state index contributed by atoms with van der Waals surface area (Å²) in [5, 5.41) is 2.71. The molecule has 2 heterocycles. The first kappa shape index (κ1) is 14.4. The van der Waals surface area contributed by atoms with Gasteiger partial charge in [0.1, 0.15) is 19.5 Å². The molecule has 0 radical (unpaired) electrons. The van der Waals surface area contributed by atoms with Gasteiger partial charge in [-0.15, -0.1) is 0 Å². The standard InChI is InChI=1S/C16H18N2O4/c19-15(14-11-21-9-10-22-14)17-13-5-3-12(4-6-13)16(20)18-7-1-2-8-18/h3-6,11H,1-2,7-10H2,(H,17,19). The largest absolute Gasteiger partial charge is 0.494 e. The Labute approximate surface area is 128 Å². The highest BCUT2D eigenvalue weighted by atomic mass is 16.6. The molecule has 0 aromatic heterocycles. The Bertz CT molecular complexity index is 589. The van der Waals surface area contributed by atoms with Crippen LogP contribution in [0.5, 0.6) is 0 Å². The third kappa shape index (κ3) is 3.21. The number of ether oxygens (including phenoxy) is 2. The van der Waals surface area contributed by atoms with Gasteiger partial charge in [-0.2, -0.15) is 0 Å². The highest BCUT2D eigenvalue weighted by molar-refractivity contribution is 6.02. The quantitative estimate of drug-likeness (QED) is 0.923. The van der Waals surface area contributed by atoms with Crippen LogP contribution in [0, 0.1) is 0 Å². The summed E-state index contributed by atoms with van der Waals surface area (Å²) in [4.78, 5) is 26.0. The third-order valence-electron chi connectivity index (χ3n) is 3.66. The monoisotopic (exact) mass is 302 g/mol. The summed E-state index contributed by atoms with van der Waals surface area (Å²) >= 11 is 0. The van der Waals surface area contributed by atoms with E-state index < -0.39 is 0 Å². The first-order valence-electron chi connectivity index (χ1n) is 7.39. The van der Waals surface area contributed by atoms with E-state index in [2.05, 4.69) is 5.32 Å². The van der Waals surface area contributed by atoms with Crippen molar-refractivity contribution < 1.29 is 19.1 Å². The second kappa shape index (κ2) is 6.51. The van der Waals surface area contributed by atoms with E-state index in [1.165, 1.54) is 6.26 Å². The van der Waals surface area contributed by atoms with E-state index in [1.54, 1.807) is 24.3 Å². The summed E-state index contributed by atoms with van der Waals surface area (Å²) in [6.45, 7) is 2.46. The second-order valence-electron chi connectivity index (χ2n) is 5.23. The SMILES string of the molecule is O=C(Nc1ccc(C(=O)N2CCCC2)cc1)C1=COCCO1. The zero-order chi connectivity index (χ0) is 15.4. The topological polar surface area (TPSA) is 67.9 Å². The Balaban J connectivity index is 1.62. The zero-order valence-corrected chi connectivity index (χ0v) is 12.2. The van der Waals surface area contributed by atoms with Crippen LogP contribution in [0.4, 0.5) is 5.69 Å². The van der Waals surface area contributed by atoms with Crippen molar-refractivity contribution in [2.45, 2.75) is 12.8 Å². The molecule has 0 bridgehead atoms. The molecule has 0 spiro atoms. The maximum Gasteiger partial charge on any atom is 0.294 e. The van der Waals surface area contributed by atoms with Gasteiger partial charge < -0.3 is 19.7 Å². The van der Waals surface area contributed by atoms with Gasteiger partial charge in [-0.25, -0.2) is 0 Å². The molecule has 2 aliphatic heterocycles. The van der Waals surface area contributed by atoms with E-state index in [1.807, 2.05) is 4.90 Å². The molecule has 0 aliphatic carbocycles. The Morgan fingerprint density at radius 1 is 1.05 bits per heavy atom. The van der Waals surface area contributed by atoms with Crippen LogP contribution in [-0.2, 0) is 14.3 Å². The molecule has 22 heavy (non-hydrogen) atoms. The molecule has 1 aromatic rings. The van der Waals surface area contributed by atoms with Crippen LogP contribution >= 0.6 is 0 Å². The lowest BCUT2D eigenvalue weighted by Crippen LogP contribution is -2.27. The fourth-order valence-corrected chi connectivity index (χ4v) is 2.48. The number of likely N-dealkylation sites (tertiary alicyclic amines) is 1. The van der Waals surface area contributed by atoms with E-state index in [0.717, 1.165) is 25.9 Å². The predicted molar refractivity (Wildman–Crippen MR) is 80.2 cm³/mol. The average Bonchev–Trinajstić information content (AvgIpc) is 3.10. The molecule has 6 heteroatoms. The number of amides is 2. The smallest absolute Gasteiger partial charge is 0.294 e. The highest BCUT2D eigenvalue weighted by Crippen LogP contribution is 2.16. The molecular formula is C16H18N2O4. The van der Waals surface area contributed by atoms with Crippen LogP contribution in [0.15, 0.2) is 36.3 Å². The maximum absolute atomic E-state index is 12.2. The summed E-state index contributed by atoms with van der Waals surface area (Å²) in [5.41, 5.74) is 1.24. The number of nitrogens with one attached hydrogen (secondary N) is 1. The number of carbonyl (C=O) groups is 2. The number of hydrogen-bond acceptors (Lipinski definition) is 4. The van der Waals surface area contributed by atoms with Crippen molar-refractivity contribution in [2.75, 3.05) is 31.6 Å². The number of nitrogens with zero attached hydrogens (tertiary/aromatic N) is 1. The minimum Gasteiger partial charge on any atom is -0.494 e. The average molecular weight is 302 g/mol. The normalized spacial score (nSPS) is 17.3. The van der Waals surface area contributed by atoms with Gasteiger partial charge >= 0.3 is 0 Å². The van der Waals surface area contributed by atoms with Gasteiger partial charge in [0.15, 0.2) is 0 Å². The van der Waals surface area contributed by atoms with E-state index in [4.69, 9.17) is 9.47 Å². The molecule has 0 saturated carbocycles. The molecule has 1 aromatic carbocycles. The Morgan fingerprint density at radius 2 is 1.77 bits per heavy atom. The van der Waals surface area contributed by atoms with Crippen LogP contribution in [-0.4, -0.2) is 43.0 Å². The van der Waals surface area contributed by atoms with E-state index in [9.17, 15) is 9.59 Å². The summed E-state index contributed by atoms with van der Waals surface area (Å²) in [6.07, 6.45) is 3.44. The van der Waals surface area contributed by atoms with Crippen molar-refractivity contribution in [2.24, 2.45) is 0 Å². The van der Waals surface area contributed by atoms with Crippen molar-refractivity contribution in [3.8, 4) is 0 Å². The number of hydrogen-bond donors (Lipinski definition) is 1. The lowest BCUT2D eigenvalue weighted by atomic mass is 10.2. The number of benzene rings is 1. The molecule has 0 atom stereocenters. The fourth-order valence-electron chi connectivity index (χ4n) is 2.48.